The second kappa shape index (κ2) is 15.6. The zero-order valence-corrected chi connectivity index (χ0v) is 33.0. The van der Waals surface area contributed by atoms with E-state index in [0.717, 1.165) is 111 Å². The maximum absolute atomic E-state index is 14.4. The van der Waals surface area contributed by atoms with Crippen LogP contribution in [0.1, 0.15) is 59.1 Å². The summed E-state index contributed by atoms with van der Waals surface area (Å²) in [5.41, 5.74) is 5.10. The van der Waals surface area contributed by atoms with Crippen molar-refractivity contribution >= 4 is 20.0 Å². The summed E-state index contributed by atoms with van der Waals surface area (Å²) in [6, 6.07) is 8.87. The van der Waals surface area contributed by atoms with Gasteiger partial charge in [-0.15, -0.1) is 0 Å². The average molecular weight is 729 g/mol. The summed E-state index contributed by atoms with van der Waals surface area (Å²) < 4.78 is 60.9. The Morgan fingerprint density at radius 2 is 0.860 bits per heavy atom. The number of likely N-dealkylation sites (N-methyl/N-ethyl adjacent to an activating group) is 1. The molecule has 0 aromatic heterocycles. The number of nitrogens with zero attached hydrogens (tertiary/aromatic N) is 6. The largest absolute Gasteiger partial charge is 0.306 e. The van der Waals surface area contributed by atoms with Gasteiger partial charge in [0.25, 0.3) is 0 Å². The van der Waals surface area contributed by atoms with Gasteiger partial charge in [-0.1, -0.05) is 35.4 Å². The van der Waals surface area contributed by atoms with Crippen molar-refractivity contribution in [1.82, 2.24) is 28.2 Å². The van der Waals surface area contributed by atoms with Gasteiger partial charge in [0.1, 0.15) is 0 Å². The summed E-state index contributed by atoms with van der Waals surface area (Å²) in [5, 5.41) is 0. The lowest BCUT2D eigenvalue weighted by molar-refractivity contribution is 0.0836. The zero-order chi connectivity index (χ0) is 35.8. The van der Waals surface area contributed by atoms with E-state index in [-0.39, 0.29) is 0 Å². The molecule has 0 atom stereocenters. The fourth-order valence-electron chi connectivity index (χ4n) is 9.03. The van der Waals surface area contributed by atoms with E-state index in [9.17, 15) is 16.8 Å². The van der Waals surface area contributed by atoms with Crippen molar-refractivity contribution in [2.75, 3.05) is 92.6 Å². The molecular formula is C38H60N6O4S2. The van der Waals surface area contributed by atoms with Gasteiger partial charge in [-0.2, -0.15) is 8.61 Å². The Morgan fingerprint density at radius 1 is 0.500 bits per heavy atom. The number of hydrogen-bond donors (Lipinski definition) is 0. The molecule has 0 saturated carbocycles. The number of benzene rings is 2. The molecule has 4 aliphatic heterocycles. The van der Waals surface area contributed by atoms with Crippen molar-refractivity contribution in [3.05, 3.63) is 57.6 Å². The normalized spacial score (nSPS) is 22.8. The first-order valence-corrected chi connectivity index (χ1v) is 21.7. The summed E-state index contributed by atoms with van der Waals surface area (Å²) in [5.74, 6) is 0. The van der Waals surface area contributed by atoms with Gasteiger partial charge in [-0.25, -0.2) is 16.8 Å². The van der Waals surface area contributed by atoms with E-state index in [0.29, 0.717) is 60.9 Å². The molecule has 278 valence electrons. The highest BCUT2D eigenvalue weighted by Crippen LogP contribution is 2.33. The van der Waals surface area contributed by atoms with Crippen LogP contribution in [0.3, 0.4) is 0 Å². The third-order valence-corrected chi connectivity index (χ3v) is 16.1. The highest BCUT2D eigenvalue weighted by Gasteiger charge is 2.36. The van der Waals surface area contributed by atoms with Gasteiger partial charge < -0.3 is 9.80 Å². The molecule has 50 heavy (non-hydrogen) atoms. The standard InChI is InChI=1S/C38H60N6O4S2/c1-29-25-31(3)37(49(45,46)43-15-11-36(12-16-43)41-19-17-40(6)18-20-41)33(27-29)7-8-34-28-30(2)26-32(4)38(34)50(47,48)44-23-21-42(22-24-44)35-9-13-39(5)14-10-35/h25-28,35-36H,7-24H2,1-6H3. The molecule has 2 aromatic carbocycles. The summed E-state index contributed by atoms with van der Waals surface area (Å²) in [6.07, 6.45) is 4.86. The van der Waals surface area contributed by atoms with Crippen molar-refractivity contribution in [3.8, 4) is 0 Å². The summed E-state index contributed by atoms with van der Waals surface area (Å²) in [6.45, 7) is 17.7. The highest BCUT2D eigenvalue weighted by molar-refractivity contribution is 7.89. The lowest BCUT2D eigenvalue weighted by atomic mass is 9.98. The Hall–Kier alpha value is -1.90. The van der Waals surface area contributed by atoms with E-state index >= 15 is 0 Å². The van der Waals surface area contributed by atoms with E-state index in [1.807, 2.05) is 52.0 Å². The number of hydrogen-bond acceptors (Lipinski definition) is 8. The van der Waals surface area contributed by atoms with Gasteiger partial charge in [0.05, 0.1) is 9.79 Å². The molecule has 0 N–H and O–H groups in total. The number of piperidine rings is 2. The van der Waals surface area contributed by atoms with Crippen molar-refractivity contribution < 1.29 is 16.8 Å². The van der Waals surface area contributed by atoms with Crippen molar-refractivity contribution in [2.45, 2.75) is 88.1 Å². The third-order valence-electron chi connectivity index (χ3n) is 11.8. The third kappa shape index (κ3) is 8.17. The van der Waals surface area contributed by atoms with Gasteiger partial charge in [-0.3, -0.25) is 9.80 Å². The molecule has 0 bridgehead atoms. The molecular weight excluding hydrogens is 669 g/mol. The molecule has 4 saturated heterocycles. The number of likely N-dealkylation sites (tertiary alicyclic amines) is 1. The minimum Gasteiger partial charge on any atom is -0.306 e. The summed E-state index contributed by atoms with van der Waals surface area (Å²) >= 11 is 0. The van der Waals surface area contributed by atoms with Crippen LogP contribution >= 0.6 is 0 Å². The lowest BCUT2D eigenvalue weighted by Crippen LogP contribution is -2.54. The molecule has 2 aromatic rings. The second-order valence-corrected chi connectivity index (χ2v) is 19.3. The molecule has 12 heteroatoms. The first kappa shape index (κ1) is 37.8. The Kier molecular flexibility index (Phi) is 11.8. The predicted molar refractivity (Wildman–Crippen MR) is 201 cm³/mol. The number of rotatable bonds is 9. The van der Waals surface area contributed by atoms with Gasteiger partial charge >= 0.3 is 0 Å². The molecule has 4 aliphatic rings. The maximum atomic E-state index is 14.4. The fraction of sp³-hybridized carbons (Fsp3) is 0.684. The van der Waals surface area contributed by atoms with Crippen LogP contribution in [-0.4, -0.2) is 150 Å². The highest BCUT2D eigenvalue weighted by atomic mass is 32.2. The van der Waals surface area contributed by atoms with Crippen LogP contribution in [0.25, 0.3) is 0 Å². The lowest BCUT2D eigenvalue weighted by Gasteiger charge is -2.42. The van der Waals surface area contributed by atoms with E-state index < -0.39 is 20.0 Å². The van der Waals surface area contributed by atoms with Crippen LogP contribution in [-0.2, 0) is 32.9 Å². The minimum atomic E-state index is -3.73. The molecule has 4 heterocycles. The smallest absolute Gasteiger partial charge is 0.243 e. The Morgan fingerprint density at radius 3 is 1.30 bits per heavy atom. The maximum Gasteiger partial charge on any atom is 0.243 e. The first-order valence-electron chi connectivity index (χ1n) is 18.8. The Bertz CT molecular complexity index is 1590. The van der Waals surface area contributed by atoms with Gasteiger partial charge in [0.2, 0.25) is 20.0 Å². The Balaban J connectivity index is 1.19. The van der Waals surface area contributed by atoms with Crippen LogP contribution in [0, 0.1) is 27.7 Å². The SMILES string of the molecule is Cc1cc(C)c(S(=O)(=O)N2CCC(N3CCN(C)CC3)CC2)c(CCc2cc(C)cc(C)c2S(=O)(=O)N2CCN(C3CCN(C)CC3)CC2)c1. The first-order chi connectivity index (χ1) is 23.7. The molecule has 0 unspecified atom stereocenters. The van der Waals surface area contributed by atoms with E-state index in [2.05, 4.69) is 33.7 Å². The Labute approximate surface area is 302 Å². The van der Waals surface area contributed by atoms with Gasteiger partial charge in [-0.05, 0) is 116 Å². The monoisotopic (exact) mass is 728 g/mol. The van der Waals surface area contributed by atoms with Crippen LogP contribution in [0.4, 0.5) is 0 Å². The summed E-state index contributed by atoms with van der Waals surface area (Å²) in [4.78, 5) is 10.5. The number of aryl methyl sites for hydroxylation is 6. The number of piperazine rings is 2. The average Bonchev–Trinajstić information content (AvgIpc) is 3.07. The number of sulfonamides is 2. The van der Waals surface area contributed by atoms with Crippen LogP contribution in [0.2, 0.25) is 0 Å². The molecule has 0 spiro atoms. The molecule has 0 amide bonds. The van der Waals surface area contributed by atoms with E-state index in [1.54, 1.807) is 8.61 Å². The van der Waals surface area contributed by atoms with Crippen molar-refractivity contribution in [2.24, 2.45) is 0 Å². The van der Waals surface area contributed by atoms with E-state index in [1.165, 1.54) is 0 Å². The second-order valence-electron chi connectivity index (χ2n) is 15.6. The van der Waals surface area contributed by atoms with Gasteiger partial charge in [0.15, 0.2) is 0 Å². The minimum absolute atomic E-state index is 0.399. The van der Waals surface area contributed by atoms with Crippen molar-refractivity contribution in [3.63, 3.8) is 0 Å². The molecule has 0 aliphatic carbocycles. The van der Waals surface area contributed by atoms with Crippen LogP contribution in [0.5, 0.6) is 0 Å². The quantitative estimate of drug-likeness (QED) is 0.388. The van der Waals surface area contributed by atoms with Gasteiger partial charge in [0, 0.05) is 77.5 Å². The molecule has 4 fully saturated rings. The molecule has 0 radical (unpaired) electrons. The molecule has 10 nitrogen and oxygen atoms in total. The van der Waals surface area contributed by atoms with E-state index in [4.69, 9.17) is 0 Å². The van der Waals surface area contributed by atoms with Crippen molar-refractivity contribution in [1.29, 1.82) is 0 Å². The fourth-order valence-corrected chi connectivity index (χ4v) is 12.8. The zero-order valence-electron chi connectivity index (χ0n) is 31.3. The predicted octanol–water partition coefficient (Wildman–Crippen LogP) is 3.51. The summed E-state index contributed by atoms with van der Waals surface area (Å²) in [7, 11) is -3.13. The molecule has 6 rings (SSSR count). The topological polar surface area (TPSA) is 87.7 Å². The van der Waals surface area contributed by atoms with Crippen LogP contribution in [0.15, 0.2) is 34.1 Å². The van der Waals surface area contributed by atoms with Crippen LogP contribution < -0.4 is 0 Å².